The Morgan fingerprint density at radius 3 is 2.31 bits per heavy atom. The van der Waals surface area contributed by atoms with Gasteiger partial charge in [0.15, 0.2) is 0 Å². The minimum absolute atomic E-state index is 0.326. The highest BCUT2D eigenvalue weighted by molar-refractivity contribution is 5.86. The van der Waals surface area contributed by atoms with Gasteiger partial charge in [-0.15, -0.1) is 0 Å². The van der Waals surface area contributed by atoms with Crippen LogP contribution in [0.2, 0.25) is 0 Å². The Labute approximate surface area is 98.7 Å². The number of rotatable bonds is 6. The molecule has 0 aliphatic heterocycles. The summed E-state index contributed by atoms with van der Waals surface area (Å²) in [5.74, 6) is -0.326. The van der Waals surface area contributed by atoms with E-state index >= 15 is 0 Å². The Hall–Kier alpha value is -1.31. The van der Waals surface area contributed by atoms with Gasteiger partial charge >= 0.3 is 5.97 Å². The lowest BCUT2D eigenvalue weighted by Gasteiger charge is -2.02. The lowest BCUT2D eigenvalue weighted by atomic mass is 10.1. The monoisotopic (exact) mass is 222 g/mol. The van der Waals surface area contributed by atoms with Crippen LogP contribution in [0.25, 0.3) is 0 Å². The fourth-order valence-corrected chi connectivity index (χ4v) is 1.07. The third kappa shape index (κ3) is 8.04. The second-order valence-electron chi connectivity index (χ2n) is 4.25. The maximum Gasteiger partial charge on any atom is 0.333 e. The van der Waals surface area contributed by atoms with Crippen LogP contribution in [0, 0.1) is 0 Å². The van der Waals surface area contributed by atoms with Crippen molar-refractivity contribution in [1.29, 1.82) is 0 Å². The van der Waals surface area contributed by atoms with Crippen LogP contribution in [0.15, 0.2) is 35.5 Å². The molecule has 0 spiro atoms. The van der Waals surface area contributed by atoms with E-state index in [4.69, 9.17) is 4.74 Å². The van der Waals surface area contributed by atoms with E-state index in [1.807, 2.05) is 13.0 Å². The summed E-state index contributed by atoms with van der Waals surface area (Å²) in [5, 5.41) is 0. The molecule has 0 unspecified atom stereocenters. The van der Waals surface area contributed by atoms with E-state index in [0.29, 0.717) is 12.2 Å². The standard InChI is InChI=1S/C14H22O2/c1-11(2)7-6-8-13(5)9-10-16-14(15)12(3)4/h7,9H,3,6,8,10H2,1-2,4-5H3/b13-9-. The Balaban J connectivity index is 3.83. The predicted molar refractivity (Wildman–Crippen MR) is 68.2 cm³/mol. The average molecular weight is 222 g/mol. The van der Waals surface area contributed by atoms with Crippen LogP contribution in [0.5, 0.6) is 0 Å². The second-order valence-corrected chi connectivity index (χ2v) is 4.25. The van der Waals surface area contributed by atoms with Gasteiger partial charge in [-0.3, -0.25) is 0 Å². The maximum atomic E-state index is 11.1. The first kappa shape index (κ1) is 14.7. The first-order valence-corrected chi connectivity index (χ1v) is 5.55. The molecule has 0 amide bonds. The summed E-state index contributed by atoms with van der Waals surface area (Å²) in [6.45, 7) is 11.7. The number of carbonyl (C=O) groups is 1. The molecule has 0 N–H and O–H groups in total. The summed E-state index contributed by atoms with van der Waals surface area (Å²) in [6.07, 6.45) is 6.20. The van der Waals surface area contributed by atoms with Gasteiger partial charge in [-0.05, 0) is 46.6 Å². The normalized spacial score (nSPS) is 10.9. The fraction of sp³-hybridized carbons (Fsp3) is 0.500. The van der Waals surface area contributed by atoms with Crippen molar-refractivity contribution in [2.24, 2.45) is 0 Å². The number of esters is 1. The summed E-state index contributed by atoms with van der Waals surface area (Å²) >= 11 is 0. The average Bonchev–Trinajstić information content (AvgIpc) is 2.16. The summed E-state index contributed by atoms with van der Waals surface area (Å²) in [7, 11) is 0. The molecule has 16 heavy (non-hydrogen) atoms. The van der Waals surface area contributed by atoms with Crippen LogP contribution >= 0.6 is 0 Å². The zero-order chi connectivity index (χ0) is 12.6. The van der Waals surface area contributed by atoms with Crippen molar-refractivity contribution >= 4 is 5.97 Å². The molecule has 0 saturated heterocycles. The van der Waals surface area contributed by atoms with Crippen LogP contribution < -0.4 is 0 Å². The van der Waals surface area contributed by atoms with Crippen molar-refractivity contribution in [2.75, 3.05) is 6.61 Å². The van der Waals surface area contributed by atoms with Gasteiger partial charge in [-0.1, -0.05) is 23.8 Å². The van der Waals surface area contributed by atoms with E-state index in [-0.39, 0.29) is 5.97 Å². The molecule has 0 aromatic carbocycles. The summed E-state index contributed by atoms with van der Waals surface area (Å²) in [5.41, 5.74) is 3.02. The first-order valence-electron chi connectivity index (χ1n) is 5.55. The Morgan fingerprint density at radius 2 is 1.81 bits per heavy atom. The molecule has 0 atom stereocenters. The van der Waals surface area contributed by atoms with Crippen molar-refractivity contribution in [3.8, 4) is 0 Å². The number of hydrogen-bond donors (Lipinski definition) is 0. The molecule has 0 fully saturated rings. The van der Waals surface area contributed by atoms with Gasteiger partial charge in [-0.25, -0.2) is 4.79 Å². The zero-order valence-corrected chi connectivity index (χ0v) is 10.8. The topological polar surface area (TPSA) is 26.3 Å². The smallest absolute Gasteiger partial charge is 0.333 e. The minimum Gasteiger partial charge on any atom is -0.458 e. The third-order valence-electron chi connectivity index (χ3n) is 2.09. The van der Waals surface area contributed by atoms with E-state index in [2.05, 4.69) is 26.5 Å². The molecule has 2 heteroatoms. The fourth-order valence-electron chi connectivity index (χ4n) is 1.07. The number of carbonyl (C=O) groups excluding carboxylic acids is 1. The van der Waals surface area contributed by atoms with Crippen molar-refractivity contribution < 1.29 is 9.53 Å². The van der Waals surface area contributed by atoms with E-state index in [9.17, 15) is 4.79 Å². The summed E-state index contributed by atoms with van der Waals surface area (Å²) in [4.78, 5) is 11.1. The predicted octanol–water partition coefficient (Wildman–Crippen LogP) is 3.80. The highest BCUT2D eigenvalue weighted by atomic mass is 16.5. The molecular weight excluding hydrogens is 200 g/mol. The molecule has 0 aromatic rings. The van der Waals surface area contributed by atoms with E-state index in [1.54, 1.807) is 6.92 Å². The quantitative estimate of drug-likeness (QED) is 0.388. The Kier molecular flexibility index (Phi) is 7.27. The number of allylic oxidation sites excluding steroid dienone is 3. The number of hydrogen-bond acceptors (Lipinski definition) is 2. The minimum atomic E-state index is -0.326. The Morgan fingerprint density at radius 1 is 1.19 bits per heavy atom. The van der Waals surface area contributed by atoms with Crippen LogP contribution in [-0.4, -0.2) is 12.6 Å². The Bertz CT molecular complexity index is 305. The molecule has 0 bridgehead atoms. The van der Waals surface area contributed by atoms with Crippen LogP contribution in [0.1, 0.15) is 40.5 Å². The van der Waals surface area contributed by atoms with Crippen molar-refractivity contribution in [3.63, 3.8) is 0 Å². The zero-order valence-electron chi connectivity index (χ0n) is 10.8. The molecule has 0 heterocycles. The highest BCUT2D eigenvalue weighted by Gasteiger charge is 2.00. The second kappa shape index (κ2) is 7.91. The van der Waals surface area contributed by atoms with Gasteiger partial charge in [0, 0.05) is 5.57 Å². The SMILES string of the molecule is C=C(C)C(=O)OC/C=C(/C)CCC=C(C)C. The van der Waals surface area contributed by atoms with Gasteiger partial charge in [0.1, 0.15) is 6.61 Å². The molecule has 0 aliphatic rings. The molecule has 2 nitrogen and oxygen atoms in total. The van der Waals surface area contributed by atoms with Crippen molar-refractivity contribution in [1.82, 2.24) is 0 Å². The van der Waals surface area contributed by atoms with E-state index in [1.165, 1.54) is 11.1 Å². The first-order chi connectivity index (χ1) is 7.43. The summed E-state index contributed by atoms with van der Waals surface area (Å²) < 4.78 is 4.97. The lowest BCUT2D eigenvalue weighted by molar-refractivity contribution is -0.137. The van der Waals surface area contributed by atoms with Gasteiger partial charge in [0.05, 0.1) is 0 Å². The van der Waals surface area contributed by atoms with E-state index in [0.717, 1.165) is 12.8 Å². The lowest BCUT2D eigenvalue weighted by Crippen LogP contribution is -2.04. The van der Waals surface area contributed by atoms with Crippen LogP contribution in [0.4, 0.5) is 0 Å². The third-order valence-corrected chi connectivity index (χ3v) is 2.09. The van der Waals surface area contributed by atoms with Crippen molar-refractivity contribution in [3.05, 3.63) is 35.5 Å². The number of ether oxygens (including phenoxy) is 1. The summed E-state index contributed by atoms with van der Waals surface area (Å²) in [6, 6.07) is 0. The van der Waals surface area contributed by atoms with Crippen LogP contribution in [-0.2, 0) is 9.53 Å². The molecule has 0 rings (SSSR count). The maximum absolute atomic E-state index is 11.1. The van der Waals surface area contributed by atoms with Gasteiger partial charge in [0.2, 0.25) is 0 Å². The highest BCUT2D eigenvalue weighted by Crippen LogP contribution is 2.06. The van der Waals surface area contributed by atoms with Gasteiger partial charge in [0.25, 0.3) is 0 Å². The molecule has 0 aromatic heterocycles. The molecular formula is C14H22O2. The molecule has 0 aliphatic carbocycles. The van der Waals surface area contributed by atoms with Gasteiger partial charge < -0.3 is 4.74 Å². The molecule has 90 valence electrons. The molecule has 0 saturated carbocycles. The van der Waals surface area contributed by atoms with E-state index < -0.39 is 0 Å². The van der Waals surface area contributed by atoms with Gasteiger partial charge in [-0.2, -0.15) is 0 Å². The molecule has 0 radical (unpaired) electrons. The largest absolute Gasteiger partial charge is 0.458 e. The van der Waals surface area contributed by atoms with Crippen molar-refractivity contribution in [2.45, 2.75) is 40.5 Å². The van der Waals surface area contributed by atoms with Crippen LogP contribution in [0.3, 0.4) is 0 Å².